The molecule has 3 fully saturated rings. The molecule has 1 atom stereocenters. The number of imide groups is 1. The number of fused-ring (bicyclic) bond motifs is 1. The summed E-state index contributed by atoms with van der Waals surface area (Å²) in [5.41, 5.74) is 8.36. The standard InChI is InChI=1S/C47H54N6O5/c1-2-39(33-7-4-3-5-8-33)45(34-11-15-37(54)16-12-34)35-13-17-38(18-14-35)58-30-29-50-25-27-52(28-26-50)32-51-23-21-36(22-24-51)48-42-10-6-9-40-41(42)31-53(47(40)57)43-19-20-44(55)49-46(43)56/h3-18,36,43,48,54H,2,19-32H2,1H3,(H,49,55,56). The molecule has 1 unspecified atom stereocenters. The molecule has 0 spiro atoms. The third-order valence-electron chi connectivity index (χ3n) is 12.1. The van der Waals surface area contributed by atoms with E-state index in [9.17, 15) is 19.5 Å². The smallest absolute Gasteiger partial charge is 0.255 e. The lowest BCUT2D eigenvalue weighted by Gasteiger charge is -2.40. The molecule has 4 heterocycles. The number of rotatable bonds is 13. The fraction of sp³-hybridized carbons (Fsp3) is 0.383. The summed E-state index contributed by atoms with van der Waals surface area (Å²) in [6.45, 7) is 11.2. The summed E-state index contributed by atoms with van der Waals surface area (Å²) >= 11 is 0. The second kappa shape index (κ2) is 18.0. The number of nitrogens with one attached hydrogen (secondary N) is 2. The Kier molecular flexibility index (Phi) is 12.2. The van der Waals surface area contributed by atoms with E-state index in [1.54, 1.807) is 17.0 Å². The molecule has 0 aliphatic carbocycles. The first kappa shape index (κ1) is 39.3. The lowest BCUT2D eigenvalue weighted by Crippen LogP contribution is -2.52. The average molecular weight is 783 g/mol. The van der Waals surface area contributed by atoms with E-state index in [1.165, 1.54) is 11.1 Å². The van der Waals surface area contributed by atoms with Gasteiger partial charge >= 0.3 is 0 Å². The summed E-state index contributed by atoms with van der Waals surface area (Å²) in [7, 11) is 0. The fourth-order valence-electron chi connectivity index (χ4n) is 8.91. The van der Waals surface area contributed by atoms with Gasteiger partial charge in [0.15, 0.2) is 0 Å². The van der Waals surface area contributed by atoms with Gasteiger partial charge in [-0.2, -0.15) is 0 Å². The zero-order valence-electron chi connectivity index (χ0n) is 33.4. The van der Waals surface area contributed by atoms with Gasteiger partial charge in [-0.1, -0.05) is 67.6 Å². The van der Waals surface area contributed by atoms with Gasteiger partial charge in [0.05, 0.1) is 6.67 Å². The molecule has 3 N–H and O–H groups in total. The number of nitrogens with zero attached hydrogens (tertiary/aromatic N) is 4. The first-order valence-corrected chi connectivity index (χ1v) is 20.8. The SMILES string of the molecule is CCC(=C(c1ccc(O)cc1)c1ccc(OCCN2CCN(CN3CCC(Nc4cccc5c4CN(C4CCC(=O)NC4=O)C5=O)CC3)CC2)cc1)c1ccccc1. The number of piperazine rings is 1. The number of phenolic OH excluding ortho intramolecular Hbond substituents is 1. The summed E-state index contributed by atoms with van der Waals surface area (Å²) in [5, 5.41) is 16.1. The number of piperidine rings is 2. The van der Waals surface area contributed by atoms with Gasteiger partial charge in [-0.15, -0.1) is 0 Å². The summed E-state index contributed by atoms with van der Waals surface area (Å²) in [4.78, 5) is 46.7. The highest BCUT2D eigenvalue weighted by atomic mass is 16.5. The van der Waals surface area contributed by atoms with E-state index in [2.05, 4.69) is 80.8 Å². The summed E-state index contributed by atoms with van der Waals surface area (Å²) in [6.07, 6.45) is 3.54. The number of aromatic hydroxyl groups is 1. The summed E-state index contributed by atoms with van der Waals surface area (Å²) < 4.78 is 6.24. The van der Waals surface area contributed by atoms with Crippen LogP contribution in [0.4, 0.5) is 5.69 Å². The van der Waals surface area contributed by atoms with E-state index in [1.807, 2.05) is 36.4 Å². The lowest BCUT2D eigenvalue weighted by molar-refractivity contribution is -0.136. The van der Waals surface area contributed by atoms with E-state index < -0.39 is 6.04 Å². The van der Waals surface area contributed by atoms with Crippen LogP contribution in [0, 0.1) is 0 Å². The molecule has 4 aromatic carbocycles. The molecular formula is C47H54N6O5. The predicted octanol–water partition coefficient (Wildman–Crippen LogP) is 6.05. The van der Waals surface area contributed by atoms with Crippen LogP contribution in [0.5, 0.6) is 11.5 Å². The van der Waals surface area contributed by atoms with Crippen molar-refractivity contribution in [2.24, 2.45) is 0 Å². The van der Waals surface area contributed by atoms with Gasteiger partial charge in [0.1, 0.15) is 24.1 Å². The monoisotopic (exact) mass is 782 g/mol. The van der Waals surface area contributed by atoms with Crippen LogP contribution >= 0.6 is 0 Å². The van der Waals surface area contributed by atoms with Crippen LogP contribution < -0.4 is 15.4 Å². The molecule has 11 heteroatoms. The van der Waals surface area contributed by atoms with Crippen molar-refractivity contribution in [2.75, 3.05) is 64.4 Å². The topological polar surface area (TPSA) is 118 Å². The lowest BCUT2D eigenvalue weighted by atomic mass is 9.88. The third kappa shape index (κ3) is 8.97. The predicted molar refractivity (Wildman–Crippen MR) is 226 cm³/mol. The Morgan fingerprint density at radius 3 is 2.12 bits per heavy atom. The number of hydrogen-bond acceptors (Lipinski definition) is 9. The molecule has 8 rings (SSSR count). The van der Waals surface area contributed by atoms with Crippen molar-refractivity contribution in [3.05, 3.63) is 125 Å². The Labute approximate surface area is 341 Å². The van der Waals surface area contributed by atoms with Crippen LogP contribution in [0.2, 0.25) is 0 Å². The second-order valence-corrected chi connectivity index (χ2v) is 15.9. The van der Waals surface area contributed by atoms with Gasteiger partial charge in [-0.05, 0) is 89.9 Å². The summed E-state index contributed by atoms with van der Waals surface area (Å²) in [6, 6.07) is 31.9. The second-order valence-electron chi connectivity index (χ2n) is 15.9. The first-order chi connectivity index (χ1) is 28.3. The van der Waals surface area contributed by atoms with Gasteiger partial charge < -0.3 is 20.1 Å². The maximum atomic E-state index is 13.3. The molecule has 58 heavy (non-hydrogen) atoms. The van der Waals surface area contributed by atoms with E-state index in [-0.39, 0.29) is 29.9 Å². The van der Waals surface area contributed by atoms with Gasteiger partial charge in [0.25, 0.3) is 5.91 Å². The van der Waals surface area contributed by atoms with E-state index in [0.29, 0.717) is 31.2 Å². The highest BCUT2D eigenvalue weighted by Crippen LogP contribution is 2.36. The van der Waals surface area contributed by atoms with Crippen LogP contribution in [-0.2, 0) is 16.1 Å². The largest absolute Gasteiger partial charge is 0.508 e. The molecule has 0 aromatic heterocycles. The molecule has 3 amide bonds. The maximum Gasteiger partial charge on any atom is 0.255 e. The number of ether oxygens (including phenoxy) is 1. The van der Waals surface area contributed by atoms with Crippen molar-refractivity contribution in [1.29, 1.82) is 0 Å². The van der Waals surface area contributed by atoms with Crippen molar-refractivity contribution in [3.63, 3.8) is 0 Å². The summed E-state index contributed by atoms with van der Waals surface area (Å²) in [5.74, 6) is 0.327. The van der Waals surface area contributed by atoms with Crippen LogP contribution in [0.3, 0.4) is 0 Å². The normalized spacial score (nSPS) is 20.1. The number of likely N-dealkylation sites (tertiary alicyclic amines) is 1. The van der Waals surface area contributed by atoms with Gasteiger partial charge in [0.2, 0.25) is 11.8 Å². The highest BCUT2D eigenvalue weighted by Gasteiger charge is 2.40. The zero-order chi connectivity index (χ0) is 40.0. The minimum absolute atomic E-state index is 0.138. The van der Waals surface area contributed by atoms with Crippen molar-refractivity contribution in [3.8, 4) is 11.5 Å². The van der Waals surface area contributed by atoms with Crippen LogP contribution in [0.1, 0.15) is 71.6 Å². The number of phenols is 1. The highest BCUT2D eigenvalue weighted by molar-refractivity contribution is 6.06. The van der Waals surface area contributed by atoms with E-state index in [4.69, 9.17) is 4.74 Å². The molecule has 11 nitrogen and oxygen atoms in total. The molecule has 4 aliphatic rings. The molecular weight excluding hydrogens is 729 g/mol. The number of allylic oxidation sites excluding steroid dienone is 1. The molecule has 0 radical (unpaired) electrons. The third-order valence-corrected chi connectivity index (χ3v) is 12.1. The number of carbonyl (C=O) groups is 3. The minimum Gasteiger partial charge on any atom is -0.508 e. The Morgan fingerprint density at radius 1 is 0.759 bits per heavy atom. The zero-order valence-corrected chi connectivity index (χ0v) is 33.4. The van der Waals surface area contributed by atoms with Crippen LogP contribution in [-0.4, -0.2) is 114 Å². The van der Waals surface area contributed by atoms with Crippen molar-refractivity contribution in [2.45, 2.75) is 57.7 Å². The van der Waals surface area contributed by atoms with Crippen molar-refractivity contribution < 1.29 is 24.2 Å². The molecule has 4 aliphatic heterocycles. The molecule has 302 valence electrons. The fourth-order valence-corrected chi connectivity index (χ4v) is 8.91. The van der Waals surface area contributed by atoms with Crippen molar-refractivity contribution in [1.82, 2.24) is 24.9 Å². The molecule has 4 aromatic rings. The number of benzene rings is 4. The van der Waals surface area contributed by atoms with Gasteiger partial charge in [-0.3, -0.25) is 34.4 Å². The molecule has 0 bridgehead atoms. The Hall–Kier alpha value is -5.49. The molecule has 0 saturated carbocycles. The van der Waals surface area contributed by atoms with Crippen molar-refractivity contribution >= 4 is 34.6 Å². The van der Waals surface area contributed by atoms with E-state index in [0.717, 1.165) is 105 Å². The van der Waals surface area contributed by atoms with E-state index >= 15 is 0 Å². The Bertz CT molecular complexity index is 2110. The Morgan fingerprint density at radius 2 is 1.43 bits per heavy atom. The van der Waals surface area contributed by atoms with Gasteiger partial charge in [0, 0.05) is 81.6 Å². The minimum atomic E-state index is -0.608. The van der Waals surface area contributed by atoms with Crippen LogP contribution in [0.15, 0.2) is 97.1 Å². The number of carbonyl (C=O) groups excluding carboxylic acids is 3. The number of anilines is 1. The average Bonchev–Trinajstić information content (AvgIpc) is 3.58. The number of hydrogen-bond donors (Lipinski definition) is 3. The molecule has 3 saturated heterocycles. The Balaban J connectivity index is 0.774. The van der Waals surface area contributed by atoms with Gasteiger partial charge in [-0.25, -0.2) is 0 Å². The maximum absolute atomic E-state index is 13.3. The first-order valence-electron chi connectivity index (χ1n) is 20.8. The number of amides is 3. The quantitative estimate of drug-likeness (QED) is 0.110. The van der Waals surface area contributed by atoms with Crippen LogP contribution in [0.25, 0.3) is 11.1 Å².